The van der Waals surface area contributed by atoms with Gasteiger partial charge in [-0.2, -0.15) is 0 Å². The zero-order chi connectivity index (χ0) is 23.3. The van der Waals surface area contributed by atoms with Gasteiger partial charge in [0.2, 0.25) is 11.8 Å². The Kier molecular flexibility index (Phi) is 19.5. The number of ketones is 1. The minimum Gasteiger partial charge on any atom is -0.356 e. The van der Waals surface area contributed by atoms with Crippen LogP contribution in [-0.2, 0) is 14.4 Å². The van der Waals surface area contributed by atoms with E-state index in [-0.39, 0.29) is 24.0 Å². The topological polar surface area (TPSA) is 127 Å². The van der Waals surface area contributed by atoms with Gasteiger partial charge in [0.15, 0.2) is 5.78 Å². The van der Waals surface area contributed by atoms with E-state index in [0.29, 0.717) is 51.7 Å². The first kappa shape index (κ1) is 29.5. The molecule has 6 N–H and O–H groups in total. The highest BCUT2D eigenvalue weighted by atomic mass is 16.2. The van der Waals surface area contributed by atoms with Crippen molar-refractivity contribution in [3.05, 3.63) is 0 Å². The van der Waals surface area contributed by atoms with Gasteiger partial charge in [0.05, 0.1) is 6.04 Å². The maximum absolute atomic E-state index is 12.9. The van der Waals surface area contributed by atoms with Gasteiger partial charge in [-0.1, -0.05) is 52.4 Å². The van der Waals surface area contributed by atoms with E-state index in [1.165, 1.54) is 25.7 Å². The third-order valence-electron chi connectivity index (χ3n) is 5.55. The summed E-state index contributed by atoms with van der Waals surface area (Å²) in [7, 11) is 0. The Morgan fingerprint density at radius 3 is 2.00 bits per heavy atom. The second kappa shape index (κ2) is 20.4. The maximum Gasteiger partial charge on any atom is 0.223 e. The Hall–Kier alpha value is -1.47. The van der Waals surface area contributed by atoms with Crippen molar-refractivity contribution >= 4 is 17.6 Å². The lowest BCUT2D eigenvalue weighted by molar-refractivity contribution is -0.132. The fourth-order valence-electron chi connectivity index (χ4n) is 3.61. The maximum atomic E-state index is 12.9. The van der Waals surface area contributed by atoms with Crippen LogP contribution in [-0.4, -0.2) is 43.3 Å². The van der Waals surface area contributed by atoms with E-state index in [1.807, 2.05) is 6.92 Å². The first-order chi connectivity index (χ1) is 15.0. The molecule has 0 aromatic rings. The van der Waals surface area contributed by atoms with Crippen LogP contribution in [0.5, 0.6) is 0 Å². The summed E-state index contributed by atoms with van der Waals surface area (Å²) in [5, 5.41) is 5.79. The quantitative estimate of drug-likeness (QED) is 0.204. The van der Waals surface area contributed by atoms with E-state index in [2.05, 4.69) is 17.6 Å². The van der Waals surface area contributed by atoms with Crippen LogP contribution in [0, 0.1) is 5.92 Å². The van der Waals surface area contributed by atoms with Crippen LogP contribution in [0.1, 0.15) is 104 Å². The molecule has 0 radical (unpaired) electrons. The van der Waals surface area contributed by atoms with Gasteiger partial charge in [-0.05, 0) is 51.6 Å². The highest BCUT2D eigenvalue weighted by Crippen LogP contribution is 2.15. The zero-order valence-corrected chi connectivity index (χ0v) is 20.1. The summed E-state index contributed by atoms with van der Waals surface area (Å²) in [5.74, 6) is -0.675. The summed E-state index contributed by atoms with van der Waals surface area (Å²) in [6, 6.07) is -0.569. The van der Waals surface area contributed by atoms with Crippen LogP contribution in [0.15, 0.2) is 0 Å². The second-order valence-corrected chi connectivity index (χ2v) is 8.51. The third kappa shape index (κ3) is 15.9. The number of nitrogens with one attached hydrogen (secondary N) is 2. The van der Waals surface area contributed by atoms with Gasteiger partial charge in [0.25, 0.3) is 0 Å². The molecular formula is C24H48N4O3. The first-order valence-corrected chi connectivity index (χ1v) is 12.5. The fraction of sp³-hybridized carbons (Fsp3) is 0.875. The van der Waals surface area contributed by atoms with E-state index < -0.39 is 12.0 Å². The molecule has 0 rings (SSSR count). The highest BCUT2D eigenvalue weighted by Gasteiger charge is 2.26. The minimum atomic E-state index is -0.569. The Balaban J connectivity index is 4.66. The van der Waals surface area contributed by atoms with Crippen molar-refractivity contribution in [2.45, 2.75) is 110 Å². The molecule has 182 valence electrons. The normalized spacial score (nSPS) is 12.9. The van der Waals surface area contributed by atoms with Gasteiger partial charge in [0, 0.05) is 25.3 Å². The number of amides is 2. The van der Waals surface area contributed by atoms with Gasteiger partial charge in [0.1, 0.15) is 0 Å². The van der Waals surface area contributed by atoms with Gasteiger partial charge in [-0.3, -0.25) is 14.4 Å². The van der Waals surface area contributed by atoms with Crippen molar-refractivity contribution in [1.29, 1.82) is 0 Å². The molecule has 0 fully saturated rings. The summed E-state index contributed by atoms with van der Waals surface area (Å²) in [5.41, 5.74) is 11.2. The molecule has 0 bridgehead atoms. The molecule has 2 atom stereocenters. The zero-order valence-electron chi connectivity index (χ0n) is 20.1. The lowest BCUT2D eigenvalue weighted by atomic mass is 9.91. The molecule has 7 heteroatoms. The number of unbranched alkanes of at least 4 members (excludes halogenated alkanes) is 6. The predicted octanol–water partition coefficient (Wildman–Crippen LogP) is 3.19. The molecule has 0 aliphatic heterocycles. The van der Waals surface area contributed by atoms with Crippen molar-refractivity contribution in [2.75, 3.05) is 19.6 Å². The van der Waals surface area contributed by atoms with Crippen molar-refractivity contribution in [2.24, 2.45) is 17.4 Å². The molecule has 2 amide bonds. The van der Waals surface area contributed by atoms with E-state index in [9.17, 15) is 14.4 Å². The number of carbonyl (C=O) groups excluding carboxylic acids is 3. The van der Waals surface area contributed by atoms with Crippen LogP contribution in [0.3, 0.4) is 0 Å². The van der Waals surface area contributed by atoms with E-state index in [1.54, 1.807) is 0 Å². The molecule has 0 heterocycles. The molecule has 0 spiro atoms. The Labute approximate surface area is 189 Å². The summed E-state index contributed by atoms with van der Waals surface area (Å²) >= 11 is 0. The Morgan fingerprint density at radius 1 is 0.774 bits per heavy atom. The molecule has 0 saturated heterocycles. The van der Waals surface area contributed by atoms with Crippen molar-refractivity contribution in [1.82, 2.24) is 10.6 Å². The van der Waals surface area contributed by atoms with Gasteiger partial charge >= 0.3 is 0 Å². The van der Waals surface area contributed by atoms with Crippen LogP contribution < -0.4 is 22.1 Å². The summed E-state index contributed by atoms with van der Waals surface area (Å²) in [6.45, 7) is 5.73. The number of rotatable bonds is 21. The van der Waals surface area contributed by atoms with E-state index >= 15 is 0 Å². The second-order valence-electron chi connectivity index (χ2n) is 8.51. The third-order valence-corrected chi connectivity index (χ3v) is 5.55. The minimum absolute atomic E-state index is 0.0853. The summed E-state index contributed by atoms with van der Waals surface area (Å²) in [4.78, 5) is 37.8. The summed E-state index contributed by atoms with van der Waals surface area (Å²) < 4.78 is 0. The van der Waals surface area contributed by atoms with E-state index in [4.69, 9.17) is 11.5 Å². The largest absolute Gasteiger partial charge is 0.356 e. The monoisotopic (exact) mass is 440 g/mol. The standard InChI is InChI=1S/C24H48N4O3/c1-3-5-6-7-8-9-10-15-23(30)28-21(14-12-17-26)22(29)19-20(13-11-16-25)24(31)27-18-4-2/h20-21H,3-19,25-26H2,1-2H3,(H,27,31)(H,28,30). The lowest BCUT2D eigenvalue weighted by Crippen LogP contribution is -2.43. The van der Waals surface area contributed by atoms with Crippen LogP contribution in [0.4, 0.5) is 0 Å². The van der Waals surface area contributed by atoms with Crippen molar-refractivity contribution in [3.63, 3.8) is 0 Å². The molecule has 0 saturated carbocycles. The number of carbonyl (C=O) groups is 3. The average Bonchev–Trinajstić information content (AvgIpc) is 2.76. The SMILES string of the molecule is CCCCCCCCCC(=O)NC(CCCN)C(=O)CC(CCCN)C(=O)NCCC. The highest BCUT2D eigenvalue weighted by molar-refractivity contribution is 5.92. The first-order valence-electron chi connectivity index (χ1n) is 12.5. The lowest BCUT2D eigenvalue weighted by Gasteiger charge is -2.21. The number of Topliss-reactive ketones (excluding diaryl/α,β-unsaturated/α-hetero) is 1. The number of hydrogen-bond donors (Lipinski definition) is 4. The molecule has 31 heavy (non-hydrogen) atoms. The van der Waals surface area contributed by atoms with Crippen LogP contribution in [0.2, 0.25) is 0 Å². The van der Waals surface area contributed by atoms with Gasteiger partial charge in [-0.15, -0.1) is 0 Å². The predicted molar refractivity (Wildman–Crippen MR) is 128 cm³/mol. The van der Waals surface area contributed by atoms with E-state index in [0.717, 1.165) is 25.7 Å². The van der Waals surface area contributed by atoms with Crippen LogP contribution >= 0.6 is 0 Å². The van der Waals surface area contributed by atoms with Gasteiger partial charge < -0.3 is 22.1 Å². The number of hydrogen-bond acceptors (Lipinski definition) is 5. The van der Waals surface area contributed by atoms with Crippen molar-refractivity contribution < 1.29 is 14.4 Å². The molecule has 0 aromatic carbocycles. The molecule has 2 unspecified atom stereocenters. The Bertz CT molecular complexity index is 485. The average molecular weight is 441 g/mol. The molecule has 0 aromatic heterocycles. The fourth-order valence-corrected chi connectivity index (χ4v) is 3.61. The molecule has 7 nitrogen and oxygen atoms in total. The van der Waals surface area contributed by atoms with Gasteiger partial charge in [-0.25, -0.2) is 0 Å². The number of nitrogens with two attached hydrogens (primary N) is 2. The smallest absolute Gasteiger partial charge is 0.223 e. The molecule has 0 aliphatic carbocycles. The summed E-state index contributed by atoms with van der Waals surface area (Å²) in [6.07, 6.45) is 11.9. The molecule has 0 aliphatic rings. The Morgan fingerprint density at radius 2 is 1.39 bits per heavy atom. The molecular weight excluding hydrogens is 392 g/mol. The van der Waals surface area contributed by atoms with Crippen LogP contribution in [0.25, 0.3) is 0 Å². The van der Waals surface area contributed by atoms with Crippen molar-refractivity contribution in [3.8, 4) is 0 Å².